The van der Waals surface area contributed by atoms with Crippen molar-refractivity contribution in [1.29, 1.82) is 0 Å². The summed E-state index contributed by atoms with van der Waals surface area (Å²) in [6, 6.07) is 63.2. The lowest BCUT2D eigenvalue weighted by Crippen LogP contribution is -1.95. The fourth-order valence-electron chi connectivity index (χ4n) is 7.32. The van der Waals surface area contributed by atoms with Gasteiger partial charge < -0.3 is 0 Å². The monoisotopic (exact) mass is 662 g/mol. The first-order valence-electron chi connectivity index (χ1n) is 17.5. The molecule has 0 fully saturated rings. The van der Waals surface area contributed by atoms with E-state index in [0.717, 1.165) is 93.9 Å². The van der Waals surface area contributed by atoms with Gasteiger partial charge >= 0.3 is 0 Å². The van der Waals surface area contributed by atoms with Gasteiger partial charge in [0.15, 0.2) is 5.82 Å². The van der Waals surface area contributed by atoms with E-state index < -0.39 is 0 Å². The van der Waals surface area contributed by atoms with E-state index in [1.807, 2.05) is 30.3 Å². The van der Waals surface area contributed by atoms with Crippen molar-refractivity contribution in [3.05, 3.63) is 182 Å². The molecule has 0 N–H and O–H groups in total. The van der Waals surface area contributed by atoms with Crippen molar-refractivity contribution in [2.24, 2.45) is 0 Å². The number of hydrogen-bond acceptors (Lipinski definition) is 4. The highest BCUT2D eigenvalue weighted by molar-refractivity contribution is 6.21. The van der Waals surface area contributed by atoms with E-state index >= 15 is 0 Å². The molecule has 0 aliphatic heterocycles. The summed E-state index contributed by atoms with van der Waals surface area (Å²) in [4.78, 5) is 20.6. The predicted octanol–water partition coefficient (Wildman–Crippen LogP) is 12.2. The Bertz CT molecular complexity index is 2940. The first-order valence-corrected chi connectivity index (χ1v) is 17.5. The minimum atomic E-state index is 0.702. The summed E-state index contributed by atoms with van der Waals surface area (Å²) in [5.41, 5.74) is 12.1. The molecule has 0 saturated heterocycles. The summed E-state index contributed by atoms with van der Waals surface area (Å²) in [5.74, 6) is 0.702. The van der Waals surface area contributed by atoms with Crippen molar-refractivity contribution in [3.8, 4) is 56.3 Å². The van der Waals surface area contributed by atoms with Crippen molar-refractivity contribution in [3.63, 3.8) is 0 Å². The van der Waals surface area contributed by atoms with Crippen molar-refractivity contribution < 1.29 is 0 Å². The molecule has 0 saturated carbocycles. The second-order valence-corrected chi connectivity index (χ2v) is 13.0. The molecule has 0 amide bonds. The quantitative estimate of drug-likeness (QED) is 0.172. The molecular weight excluding hydrogens is 633 g/mol. The van der Waals surface area contributed by atoms with Crippen LogP contribution in [0.5, 0.6) is 0 Å². The molecule has 0 radical (unpaired) electrons. The molecule has 7 aromatic carbocycles. The molecule has 0 atom stereocenters. The van der Waals surface area contributed by atoms with Gasteiger partial charge in [-0.1, -0.05) is 140 Å². The molecule has 0 spiro atoms. The van der Waals surface area contributed by atoms with Gasteiger partial charge in [0.2, 0.25) is 0 Å². The van der Waals surface area contributed by atoms with Crippen LogP contribution in [0.25, 0.3) is 99.8 Å². The summed E-state index contributed by atoms with van der Waals surface area (Å²) in [7, 11) is 0. The molecule has 0 aliphatic carbocycles. The van der Waals surface area contributed by atoms with E-state index in [1.54, 1.807) is 0 Å². The highest BCUT2D eigenvalue weighted by atomic mass is 14.9. The van der Waals surface area contributed by atoms with Crippen LogP contribution in [0.1, 0.15) is 0 Å². The minimum absolute atomic E-state index is 0.702. The largest absolute Gasteiger partial charge is 0.248 e. The second-order valence-electron chi connectivity index (χ2n) is 13.0. The molecule has 0 unspecified atom stereocenters. The first kappa shape index (κ1) is 29.8. The fourth-order valence-corrected chi connectivity index (χ4v) is 7.32. The lowest BCUT2D eigenvalue weighted by atomic mass is 9.94. The Kier molecular flexibility index (Phi) is 7.10. The first-order chi connectivity index (χ1) is 25.8. The Morgan fingerprint density at radius 2 is 0.846 bits per heavy atom. The van der Waals surface area contributed by atoms with Crippen LogP contribution in [0.2, 0.25) is 0 Å². The predicted molar refractivity (Wildman–Crippen MR) is 215 cm³/mol. The molecule has 0 bridgehead atoms. The van der Waals surface area contributed by atoms with E-state index in [9.17, 15) is 0 Å². The molecule has 242 valence electrons. The molecule has 52 heavy (non-hydrogen) atoms. The minimum Gasteiger partial charge on any atom is -0.248 e. The van der Waals surface area contributed by atoms with E-state index in [0.29, 0.717) is 5.82 Å². The van der Waals surface area contributed by atoms with Crippen LogP contribution in [-0.2, 0) is 0 Å². The second kappa shape index (κ2) is 12.4. The zero-order valence-electron chi connectivity index (χ0n) is 28.1. The van der Waals surface area contributed by atoms with Gasteiger partial charge in [-0.15, -0.1) is 0 Å². The van der Waals surface area contributed by atoms with Gasteiger partial charge in [0, 0.05) is 43.8 Å². The summed E-state index contributed by atoms with van der Waals surface area (Å²) in [6.45, 7) is 0. The average molecular weight is 663 g/mol. The van der Waals surface area contributed by atoms with Crippen molar-refractivity contribution >= 4 is 43.5 Å². The standard InChI is InChI=1S/C48H30N4/c1-4-13-31(14-5-1)41-27-25-38-43(49-41)28-24-37-40-30-35(23-26-44(40)50-47(45(37)38)33-17-8-3-9-18-33)34-19-12-20-36(29-34)48-51-42-22-11-10-21-39(42)46(52-48)32-15-6-2-7-16-32/h1-30H. The summed E-state index contributed by atoms with van der Waals surface area (Å²) in [6.07, 6.45) is 0. The van der Waals surface area contributed by atoms with Gasteiger partial charge in [-0.2, -0.15) is 0 Å². The Morgan fingerprint density at radius 1 is 0.269 bits per heavy atom. The zero-order chi connectivity index (χ0) is 34.4. The van der Waals surface area contributed by atoms with Gasteiger partial charge in [-0.25, -0.2) is 19.9 Å². The topological polar surface area (TPSA) is 51.6 Å². The smallest absolute Gasteiger partial charge is 0.160 e. The molecule has 10 aromatic rings. The number of pyridine rings is 2. The maximum atomic E-state index is 5.32. The van der Waals surface area contributed by atoms with Crippen LogP contribution in [0.4, 0.5) is 0 Å². The maximum Gasteiger partial charge on any atom is 0.160 e. The van der Waals surface area contributed by atoms with Crippen LogP contribution in [0.15, 0.2) is 182 Å². The number of rotatable bonds is 5. The van der Waals surface area contributed by atoms with Gasteiger partial charge in [0.1, 0.15) is 0 Å². The Balaban J connectivity index is 1.14. The molecule has 10 rings (SSSR count). The molecule has 4 heteroatoms. The highest BCUT2D eigenvalue weighted by Gasteiger charge is 2.17. The fraction of sp³-hybridized carbons (Fsp3) is 0. The van der Waals surface area contributed by atoms with Gasteiger partial charge in [-0.3, -0.25) is 0 Å². The molecule has 3 aromatic heterocycles. The van der Waals surface area contributed by atoms with Crippen molar-refractivity contribution in [1.82, 2.24) is 19.9 Å². The maximum absolute atomic E-state index is 5.32. The third-order valence-corrected chi connectivity index (χ3v) is 9.85. The Labute approximate surface area is 300 Å². The molecule has 3 heterocycles. The Morgan fingerprint density at radius 3 is 1.63 bits per heavy atom. The number of nitrogens with zero attached hydrogens (tertiary/aromatic N) is 4. The molecular formula is C48H30N4. The van der Waals surface area contributed by atoms with Crippen molar-refractivity contribution in [2.45, 2.75) is 0 Å². The van der Waals surface area contributed by atoms with Crippen molar-refractivity contribution in [2.75, 3.05) is 0 Å². The number of aromatic nitrogens is 4. The highest BCUT2D eigenvalue weighted by Crippen LogP contribution is 2.39. The Hall–Kier alpha value is -7.04. The molecule has 4 nitrogen and oxygen atoms in total. The summed E-state index contributed by atoms with van der Waals surface area (Å²) in [5, 5.41) is 5.47. The third-order valence-electron chi connectivity index (χ3n) is 9.85. The van der Waals surface area contributed by atoms with E-state index in [1.165, 1.54) is 0 Å². The number of benzene rings is 7. The van der Waals surface area contributed by atoms with Crippen LogP contribution in [0, 0.1) is 0 Å². The number of para-hydroxylation sites is 1. The van der Waals surface area contributed by atoms with E-state index in [-0.39, 0.29) is 0 Å². The van der Waals surface area contributed by atoms with Gasteiger partial charge in [-0.05, 0) is 59.0 Å². The van der Waals surface area contributed by atoms with Crippen LogP contribution in [0.3, 0.4) is 0 Å². The normalized spacial score (nSPS) is 11.5. The zero-order valence-corrected chi connectivity index (χ0v) is 28.1. The summed E-state index contributed by atoms with van der Waals surface area (Å²) < 4.78 is 0. The number of fused-ring (bicyclic) bond motifs is 6. The lowest BCUT2D eigenvalue weighted by molar-refractivity contribution is 1.23. The van der Waals surface area contributed by atoms with Gasteiger partial charge in [0.05, 0.1) is 33.6 Å². The lowest BCUT2D eigenvalue weighted by Gasteiger charge is -2.14. The van der Waals surface area contributed by atoms with Crippen LogP contribution < -0.4 is 0 Å². The number of hydrogen-bond donors (Lipinski definition) is 0. The SMILES string of the molecule is c1ccc(-c2ccc3c(ccc4c5cc(-c6cccc(-c7nc(-c8ccccc8)c8ccccc8n7)c6)ccc5nc(-c5ccccc5)c34)n2)cc1. The average Bonchev–Trinajstić information content (AvgIpc) is 3.23. The van der Waals surface area contributed by atoms with Gasteiger partial charge in [0.25, 0.3) is 0 Å². The van der Waals surface area contributed by atoms with Crippen LogP contribution in [-0.4, -0.2) is 19.9 Å². The third kappa shape index (κ3) is 5.17. The molecule has 0 aliphatic rings. The van der Waals surface area contributed by atoms with E-state index in [2.05, 4.69) is 152 Å². The summed E-state index contributed by atoms with van der Waals surface area (Å²) >= 11 is 0. The van der Waals surface area contributed by atoms with Crippen LogP contribution >= 0.6 is 0 Å². The van der Waals surface area contributed by atoms with E-state index in [4.69, 9.17) is 19.9 Å².